The number of aromatic nitrogens is 3. The van der Waals surface area contributed by atoms with Gasteiger partial charge in [-0.2, -0.15) is 5.10 Å². The highest BCUT2D eigenvalue weighted by atomic mass is 19.1. The Morgan fingerprint density at radius 3 is 2.52 bits per heavy atom. The van der Waals surface area contributed by atoms with Crippen LogP contribution in [0.2, 0.25) is 0 Å². The largest absolute Gasteiger partial charge is 0.381 e. The first-order valence-electron chi connectivity index (χ1n) is 11.7. The summed E-state index contributed by atoms with van der Waals surface area (Å²) in [5.41, 5.74) is 1.73. The Kier molecular flexibility index (Phi) is 6.38. The molecule has 0 radical (unpaired) electrons. The number of nitrogens with zero attached hydrogens (tertiary/aromatic N) is 4. The van der Waals surface area contributed by atoms with E-state index in [9.17, 15) is 4.39 Å². The second-order valence-corrected chi connectivity index (χ2v) is 10.4. The Balaban J connectivity index is 1.69. The van der Waals surface area contributed by atoms with Crippen LogP contribution in [-0.4, -0.2) is 42.1 Å². The van der Waals surface area contributed by atoms with Crippen LogP contribution < -0.4 is 4.90 Å². The predicted molar refractivity (Wildman–Crippen MR) is 123 cm³/mol. The summed E-state index contributed by atoms with van der Waals surface area (Å²) in [5, 5.41) is 4.98. The third-order valence-corrected chi connectivity index (χ3v) is 7.32. The van der Waals surface area contributed by atoms with Crippen LogP contribution in [0, 0.1) is 11.2 Å². The molecule has 170 valence electrons. The van der Waals surface area contributed by atoms with Gasteiger partial charge in [-0.25, -0.2) is 14.1 Å². The molecule has 31 heavy (non-hydrogen) atoms. The highest BCUT2D eigenvalue weighted by molar-refractivity contribution is 5.61. The average Bonchev–Trinajstić information content (AvgIpc) is 3.19. The van der Waals surface area contributed by atoms with E-state index in [1.165, 1.54) is 12.8 Å². The minimum Gasteiger partial charge on any atom is -0.381 e. The predicted octanol–water partition coefficient (Wildman–Crippen LogP) is 5.96. The summed E-state index contributed by atoms with van der Waals surface area (Å²) in [6, 6.07) is 5.69. The second-order valence-electron chi connectivity index (χ2n) is 10.4. The number of anilines is 1. The van der Waals surface area contributed by atoms with E-state index in [4.69, 9.17) is 14.8 Å². The van der Waals surface area contributed by atoms with Gasteiger partial charge in [0.15, 0.2) is 5.82 Å². The highest BCUT2D eigenvalue weighted by Crippen LogP contribution is 2.42. The van der Waals surface area contributed by atoms with Crippen LogP contribution >= 0.6 is 0 Å². The Hall–Kier alpha value is -1.95. The van der Waals surface area contributed by atoms with Crippen LogP contribution in [0.5, 0.6) is 0 Å². The summed E-state index contributed by atoms with van der Waals surface area (Å²) < 4.78 is 22.6. The number of hydrogen-bond donors (Lipinski definition) is 0. The lowest BCUT2D eigenvalue weighted by Crippen LogP contribution is -2.28. The SMILES string of the molecule is COC1CCCC(c2nc(-c3ccc(N(C)C)c(F)c3)nn2C2CCC(C)(C)CC2)C1. The van der Waals surface area contributed by atoms with Crippen molar-refractivity contribution in [3.63, 3.8) is 0 Å². The quantitative estimate of drug-likeness (QED) is 0.589. The first-order chi connectivity index (χ1) is 14.8. The van der Waals surface area contributed by atoms with Gasteiger partial charge in [0.25, 0.3) is 0 Å². The minimum atomic E-state index is -0.239. The van der Waals surface area contributed by atoms with Crippen LogP contribution in [-0.2, 0) is 4.74 Å². The Morgan fingerprint density at radius 2 is 1.87 bits per heavy atom. The normalized spacial score (nSPS) is 24.3. The lowest BCUT2D eigenvalue weighted by atomic mass is 9.75. The molecule has 2 unspecified atom stereocenters. The van der Waals surface area contributed by atoms with Crippen molar-refractivity contribution in [1.82, 2.24) is 14.8 Å². The molecule has 0 amide bonds. The second kappa shape index (κ2) is 8.89. The van der Waals surface area contributed by atoms with Crippen LogP contribution in [0.3, 0.4) is 0 Å². The van der Waals surface area contributed by atoms with Crippen molar-refractivity contribution in [2.45, 2.75) is 83.3 Å². The fourth-order valence-electron chi connectivity index (χ4n) is 5.24. The summed E-state index contributed by atoms with van der Waals surface area (Å²) in [6.45, 7) is 4.71. The number of ether oxygens (including phenoxy) is 1. The molecule has 2 atom stereocenters. The third kappa shape index (κ3) is 4.79. The molecule has 2 fully saturated rings. The van der Waals surface area contributed by atoms with Crippen molar-refractivity contribution in [2.24, 2.45) is 5.41 Å². The molecule has 2 saturated carbocycles. The van der Waals surface area contributed by atoms with Crippen molar-refractivity contribution in [1.29, 1.82) is 0 Å². The van der Waals surface area contributed by atoms with E-state index < -0.39 is 0 Å². The van der Waals surface area contributed by atoms with Gasteiger partial charge in [0.2, 0.25) is 0 Å². The molecule has 2 aliphatic rings. The van der Waals surface area contributed by atoms with E-state index in [2.05, 4.69) is 18.5 Å². The van der Waals surface area contributed by atoms with Gasteiger partial charge < -0.3 is 9.64 Å². The molecule has 0 saturated heterocycles. The third-order valence-electron chi connectivity index (χ3n) is 7.32. The van der Waals surface area contributed by atoms with Gasteiger partial charge in [-0.15, -0.1) is 0 Å². The zero-order valence-electron chi connectivity index (χ0n) is 19.7. The van der Waals surface area contributed by atoms with Gasteiger partial charge in [0.05, 0.1) is 17.8 Å². The van der Waals surface area contributed by atoms with E-state index in [0.717, 1.165) is 49.9 Å². The van der Waals surface area contributed by atoms with E-state index in [-0.39, 0.29) is 11.9 Å². The molecule has 1 aromatic carbocycles. The number of methoxy groups -OCH3 is 1. The number of rotatable bonds is 5. The van der Waals surface area contributed by atoms with Gasteiger partial charge in [-0.05, 0) is 68.6 Å². The van der Waals surface area contributed by atoms with E-state index in [1.807, 2.05) is 33.3 Å². The molecule has 0 aliphatic heterocycles. The first kappa shape index (κ1) is 22.3. The Bertz CT molecular complexity index is 897. The molecule has 6 heteroatoms. The number of benzene rings is 1. The van der Waals surface area contributed by atoms with Crippen LogP contribution in [0.15, 0.2) is 18.2 Å². The molecular formula is C25H37FN4O. The minimum absolute atomic E-state index is 0.239. The van der Waals surface area contributed by atoms with Crippen molar-refractivity contribution < 1.29 is 9.13 Å². The lowest BCUT2D eigenvalue weighted by Gasteiger charge is -2.35. The monoisotopic (exact) mass is 428 g/mol. The average molecular weight is 429 g/mol. The topological polar surface area (TPSA) is 43.2 Å². The Labute approximate surface area is 186 Å². The number of halogens is 1. The molecule has 1 aromatic heterocycles. The van der Waals surface area contributed by atoms with Gasteiger partial charge >= 0.3 is 0 Å². The van der Waals surface area contributed by atoms with Crippen molar-refractivity contribution in [3.05, 3.63) is 29.8 Å². The highest BCUT2D eigenvalue weighted by Gasteiger charge is 2.33. The summed E-state index contributed by atoms with van der Waals surface area (Å²) in [7, 11) is 5.51. The molecule has 5 nitrogen and oxygen atoms in total. The van der Waals surface area contributed by atoms with Crippen LogP contribution in [0.1, 0.15) is 83.0 Å². The molecular weight excluding hydrogens is 391 g/mol. The van der Waals surface area contributed by atoms with Gasteiger partial charge in [-0.3, -0.25) is 0 Å². The summed E-state index contributed by atoms with van der Waals surface area (Å²) in [4.78, 5) is 6.80. The van der Waals surface area contributed by atoms with Gasteiger partial charge in [0.1, 0.15) is 11.6 Å². The zero-order valence-corrected chi connectivity index (χ0v) is 19.7. The molecule has 0 N–H and O–H groups in total. The van der Waals surface area contributed by atoms with E-state index in [0.29, 0.717) is 28.9 Å². The maximum absolute atomic E-state index is 14.7. The smallest absolute Gasteiger partial charge is 0.181 e. The standard InChI is InChI=1S/C25H37FN4O/c1-25(2)13-11-19(12-14-25)30-24(18-7-6-8-20(15-18)31-5)27-23(28-30)17-9-10-22(29(3)4)21(26)16-17/h9-10,16,18-20H,6-8,11-15H2,1-5H3. The first-order valence-corrected chi connectivity index (χ1v) is 11.7. The molecule has 2 aliphatic carbocycles. The number of hydrogen-bond acceptors (Lipinski definition) is 4. The van der Waals surface area contributed by atoms with Crippen LogP contribution in [0.25, 0.3) is 11.4 Å². The fraction of sp³-hybridized carbons (Fsp3) is 0.680. The van der Waals surface area contributed by atoms with E-state index >= 15 is 0 Å². The summed E-state index contributed by atoms with van der Waals surface area (Å²) >= 11 is 0. The maximum Gasteiger partial charge on any atom is 0.181 e. The van der Waals surface area contributed by atoms with Gasteiger partial charge in [-0.1, -0.05) is 20.3 Å². The fourth-order valence-corrected chi connectivity index (χ4v) is 5.24. The van der Waals surface area contributed by atoms with Crippen molar-refractivity contribution in [3.8, 4) is 11.4 Å². The van der Waals surface area contributed by atoms with Crippen molar-refractivity contribution in [2.75, 3.05) is 26.1 Å². The molecule has 0 bridgehead atoms. The lowest BCUT2D eigenvalue weighted by molar-refractivity contribution is 0.0610. The van der Waals surface area contributed by atoms with Crippen LogP contribution in [0.4, 0.5) is 10.1 Å². The molecule has 0 spiro atoms. The molecule has 4 rings (SSSR count). The Morgan fingerprint density at radius 1 is 1.13 bits per heavy atom. The van der Waals surface area contributed by atoms with Gasteiger partial charge in [0, 0.05) is 32.7 Å². The summed E-state index contributed by atoms with van der Waals surface area (Å²) in [6.07, 6.45) is 9.29. The summed E-state index contributed by atoms with van der Waals surface area (Å²) in [5.74, 6) is 1.82. The zero-order chi connectivity index (χ0) is 22.2. The maximum atomic E-state index is 14.7. The van der Waals surface area contributed by atoms with E-state index in [1.54, 1.807) is 11.0 Å². The molecule has 2 aromatic rings. The molecule has 1 heterocycles. The van der Waals surface area contributed by atoms with Crippen molar-refractivity contribution >= 4 is 5.69 Å².